The number of rotatable bonds is 15. The first-order chi connectivity index (χ1) is 23.2. The summed E-state index contributed by atoms with van der Waals surface area (Å²) in [6, 6.07) is 8.49. The Kier molecular flexibility index (Phi) is 13.5. The molecule has 0 fully saturated rings. The molecule has 1 heterocycles. The Balaban J connectivity index is 1.59. The molecule has 3 N–H and O–H groups in total. The lowest BCUT2D eigenvalue weighted by atomic mass is 9.94. The lowest BCUT2D eigenvalue weighted by Crippen LogP contribution is -2.43. The molecule has 0 bridgehead atoms. The molecule has 276 valence electrons. The third-order valence-corrected chi connectivity index (χ3v) is 10.1. The Morgan fingerprint density at radius 2 is 1.68 bits per heavy atom. The Labute approximate surface area is 297 Å². The summed E-state index contributed by atoms with van der Waals surface area (Å²) in [6.45, 7) is 14.9. The molecule has 0 saturated heterocycles. The van der Waals surface area contributed by atoms with Crippen LogP contribution >= 0.6 is 0 Å². The van der Waals surface area contributed by atoms with Gasteiger partial charge >= 0.3 is 12.2 Å². The predicted molar refractivity (Wildman–Crippen MR) is 193 cm³/mol. The molecule has 13 heteroatoms. The van der Waals surface area contributed by atoms with Crippen LogP contribution in [-0.4, -0.2) is 68.0 Å². The van der Waals surface area contributed by atoms with Gasteiger partial charge in [0.25, 0.3) is 10.0 Å². The molecule has 3 rings (SSSR count). The maximum absolute atomic E-state index is 13.5. The van der Waals surface area contributed by atoms with E-state index in [1.165, 1.54) is 4.90 Å². The van der Waals surface area contributed by atoms with Crippen LogP contribution in [0.1, 0.15) is 101 Å². The molecule has 1 aliphatic heterocycles. The van der Waals surface area contributed by atoms with Gasteiger partial charge in [0.15, 0.2) is 5.78 Å². The minimum Gasteiger partial charge on any atom is -0.487 e. The first-order valence-corrected chi connectivity index (χ1v) is 18.5. The highest BCUT2D eigenvalue weighted by Crippen LogP contribution is 2.44. The molecule has 0 saturated carbocycles. The van der Waals surface area contributed by atoms with Gasteiger partial charge in [0.2, 0.25) is 0 Å². The molecule has 0 aromatic heterocycles. The minimum atomic E-state index is -4.10. The number of nitrogens with zero attached hydrogens (tertiary/aromatic N) is 2. The van der Waals surface area contributed by atoms with E-state index in [1.807, 2.05) is 51.1 Å². The minimum absolute atomic E-state index is 0.0382. The monoisotopic (exact) mass is 714 g/mol. The highest BCUT2D eigenvalue weighted by molar-refractivity contribution is 7.90. The van der Waals surface area contributed by atoms with Crippen molar-refractivity contribution >= 4 is 33.8 Å². The second-order valence-electron chi connectivity index (χ2n) is 14.6. The smallest absolute Gasteiger partial charge is 0.409 e. The summed E-state index contributed by atoms with van der Waals surface area (Å²) >= 11 is 0. The van der Waals surface area contributed by atoms with Gasteiger partial charge in [-0.05, 0) is 96.9 Å². The number of sulfonamides is 1. The van der Waals surface area contributed by atoms with Crippen molar-refractivity contribution in [2.75, 3.05) is 13.6 Å². The third kappa shape index (κ3) is 11.5. The number of hydrogen-bond acceptors (Lipinski definition) is 8. The number of nitrogens with two attached hydrogens (primary N) is 1. The number of ether oxygens (including phenoxy) is 3. The van der Waals surface area contributed by atoms with Gasteiger partial charge in [0, 0.05) is 38.4 Å². The molecule has 0 radical (unpaired) electrons. The summed E-state index contributed by atoms with van der Waals surface area (Å²) in [4.78, 5) is 39.8. The summed E-state index contributed by atoms with van der Waals surface area (Å²) < 4.78 is 47.8. The number of unbranched alkanes of at least 4 members (excludes halogenated alkanes) is 1. The number of amides is 2. The fourth-order valence-corrected chi connectivity index (χ4v) is 7.42. The van der Waals surface area contributed by atoms with E-state index >= 15 is 0 Å². The van der Waals surface area contributed by atoms with E-state index in [4.69, 9.17) is 19.9 Å². The van der Waals surface area contributed by atoms with Crippen LogP contribution in [0.2, 0.25) is 0 Å². The van der Waals surface area contributed by atoms with Crippen LogP contribution in [0.3, 0.4) is 0 Å². The quantitative estimate of drug-likeness (QED) is 0.120. The zero-order valence-electron chi connectivity index (χ0n) is 31.0. The van der Waals surface area contributed by atoms with E-state index in [0.29, 0.717) is 36.8 Å². The van der Waals surface area contributed by atoms with Crippen LogP contribution in [0.4, 0.5) is 9.59 Å². The van der Waals surface area contributed by atoms with Crippen molar-refractivity contribution in [2.45, 2.75) is 129 Å². The summed E-state index contributed by atoms with van der Waals surface area (Å²) in [5, 5.41) is 2.68. The van der Waals surface area contributed by atoms with E-state index in [1.54, 1.807) is 41.7 Å². The van der Waals surface area contributed by atoms with Gasteiger partial charge in [-0.15, -0.1) is 4.40 Å². The topological polar surface area (TPSA) is 167 Å². The average molecular weight is 715 g/mol. The molecule has 2 aromatic rings. The number of carbonyl (C=O) groups is 3. The van der Waals surface area contributed by atoms with Gasteiger partial charge in [0.05, 0.1) is 10.9 Å². The van der Waals surface area contributed by atoms with Crippen molar-refractivity contribution in [3.05, 3.63) is 58.1 Å². The van der Waals surface area contributed by atoms with Gasteiger partial charge in [-0.1, -0.05) is 36.8 Å². The van der Waals surface area contributed by atoms with Crippen LogP contribution in [0.25, 0.3) is 0 Å². The SMILES string of the molecule is Cc1c(C)c(S(=O)(=O)/N=C(\N)CCCC[C@H](NC(=O)OC(C)(C)C)C(=O)CCCN(C)C(=O)OCc2ccccc2)c(C)c2c1OC(C)(C)C2. The number of Topliss-reactive ketones (excluding diaryl/α,β-unsaturated/α-hetero) is 1. The molecule has 0 unspecified atom stereocenters. The lowest BCUT2D eigenvalue weighted by molar-refractivity contribution is -0.121. The second kappa shape index (κ2) is 16.7. The molecule has 2 aromatic carbocycles. The molecule has 0 spiro atoms. The number of benzene rings is 2. The van der Waals surface area contributed by atoms with Gasteiger partial charge in [-0.25, -0.2) is 9.59 Å². The summed E-state index contributed by atoms with van der Waals surface area (Å²) in [5.41, 5.74) is 8.66. The molecular formula is C37H54N4O8S. The molecular weight excluding hydrogens is 660 g/mol. The number of hydrogen-bond donors (Lipinski definition) is 2. The largest absolute Gasteiger partial charge is 0.487 e. The Morgan fingerprint density at radius 1 is 1.02 bits per heavy atom. The second-order valence-corrected chi connectivity index (χ2v) is 16.1. The van der Waals surface area contributed by atoms with Crippen molar-refractivity contribution in [3.63, 3.8) is 0 Å². The predicted octanol–water partition coefficient (Wildman–Crippen LogP) is 6.44. The lowest BCUT2D eigenvalue weighted by Gasteiger charge is -2.23. The number of ketones is 1. The van der Waals surface area contributed by atoms with E-state index in [-0.39, 0.29) is 48.9 Å². The number of amidine groups is 1. The standard InChI is InChI=1S/C37H54N4O8S/c1-24-25(2)33(26(3)28-22-37(7,8)48-32(24)28)50(45,46)40-31(38)20-14-13-18-29(39-34(43)49-36(4,5)6)30(42)19-15-21-41(9)35(44)47-23-27-16-11-10-12-17-27/h10-12,16-17,29H,13-15,18-23H2,1-9H3,(H2,38,40)(H,39,43)/t29-/m0/s1. The number of alkyl carbamates (subject to hydrolysis) is 1. The third-order valence-electron chi connectivity index (χ3n) is 8.48. The normalized spacial score (nSPS) is 14.7. The van der Waals surface area contributed by atoms with E-state index in [9.17, 15) is 22.8 Å². The molecule has 0 aliphatic carbocycles. The van der Waals surface area contributed by atoms with Crippen LogP contribution in [0, 0.1) is 20.8 Å². The van der Waals surface area contributed by atoms with Crippen LogP contribution in [0.15, 0.2) is 39.6 Å². The highest BCUT2D eigenvalue weighted by atomic mass is 32.2. The summed E-state index contributed by atoms with van der Waals surface area (Å²) in [7, 11) is -2.50. The summed E-state index contributed by atoms with van der Waals surface area (Å²) in [5.74, 6) is 0.485. The van der Waals surface area contributed by atoms with Crippen LogP contribution in [-0.2, 0) is 37.3 Å². The van der Waals surface area contributed by atoms with Crippen molar-refractivity contribution in [1.29, 1.82) is 0 Å². The number of fused-ring (bicyclic) bond motifs is 1. The maximum atomic E-state index is 13.5. The molecule has 2 amide bonds. The van der Waals surface area contributed by atoms with Crippen LogP contribution < -0.4 is 15.8 Å². The molecule has 1 atom stereocenters. The maximum Gasteiger partial charge on any atom is 0.409 e. The molecule has 50 heavy (non-hydrogen) atoms. The van der Waals surface area contributed by atoms with Gasteiger partial charge in [-0.2, -0.15) is 8.42 Å². The highest BCUT2D eigenvalue weighted by Gasteiger charge is 2.36. The first kappa shape index (κ1) is 40.3. The Bertz CT molecular complexity index is 1680. The van der Waals surface area contributed by atoms with E-state index < -0.39 is 39.5 Å². The zero-order valence-corrected chi connectivity index (χ0v) is 31.8. The van der Waals surface area contributed by atoms with E-state index in [2.05, 4.69) is 9.71 Å². The van der Waals surface area contributed by atoms with Crippen molar-refractivity contribution < 1.29 is 37.0 Å². The van der Waals surface area contributed by atoms with Crippen molar-refractivity contribution in [2.24, 2.45) is 10.1 Å². The molecule has 1 aliphatic rings. The van der Waals surface area contributed by atoms with Gasteiger partial charge in [-0.3, -0.25) is 4.79 Å². The fourth-order valence-electron chi connectivity index (χ4n) is 5.88. The van der Waals surface area contributed by atoms with Crippen molar-refractivity contribution in [1.82, 2.24) is 10.2 Å². The zero-order chi connectivity index (χ0) is 37.4. The van der Waals surface area contributed by atoms with E-state index in [0.717, 1.165) is 22.4 Å². The fraction of sp³-hybridized carbons (Fsp3) is 0.568. The number of carbonyl (C=O) groups excluding carboxylic acids is 3. The molecule has 12 nitrogen and oxygen atoms in total. The first-order valence-electron chi connectivity index (χ1n) is 17.1. The van der Waals surface area contributed by atoms with Crippen molar-refractivity contribution in [3.8, 4) is 5.75 Å². The van der Waals surface area contributed by atoms with Crippen LogP contribution in [0.5, 0.6) is 5.75 Å². The Hall–Kier alpha value is -4.13. The Morgan fingerprint density at radius 3 is 2.32 bits per heavy atom. The van der Waals surface area contributed by atoms with Gasteiger partial charge < -0.3 is 30.2 Å². The average Bonchev–Trinajstić information content (AvgIpc) is 3.35. The number of nitrogens with one attached hydrogen (secondary N) is 1. The summed E-state index contributed by atoms with van der Waals surface area (Å²) in [6.07, 6.45) is 1.21. The van der Waals surface area contributed by atoms with Gasteiger partial charge in [0.1, 0.15) is 29.4 Å².